The summed E-state index contributed by atoms with van der Waals surface area (Å²) in [5, 5.41) is 22.0. The van der Waals surface area contributed by atoms with Crippen molar-refractivity contribution in [2.75, 3.05) is 12.3 Å². The van der Waals surface area contributed by atoms with E-state index < -0.39 is 10.8 Å². The number of nitro groups is 1. The molecule has 0 fully saturated rings. The predicted octanol–water partition coefficient (Wildman–Crippen LogP) is 1.00. The lowest BCUT2D eigenvalue weighted by molar-refractivity contribution is -0.385. The minimum atomic E-state index is -0.583. The van der Waals surface area contributed by atoms with Crippen LogP contribution in [0.1, 0.15) is 15.4 Å². The first-order valence-electron chi connectivity index (χ1n) is 5.67. The number of nitro benzene ring substituents is 1. The van der Waals surface area contributed by atoms with Gasteiger partial charge in [0, 0.05) is 19.0 Å². The number of carbonyl (C=O) groups excluding carboxylic acids is 1. The van der Waals surface area contributed by atoms with Gasteiger partial charge in [0.1, 0.15) is 10.6 Å². The molecular formula is C11H11N5O3S. The fourth-order valence-corrected chi connectivity index (χ4v) is 2.18. The number of aromatic nitrogens is 2. The first-order chi connectivity index (χ1) is 9.58. The Balaban J connectivity index is 1.97. The molecule has 0 aliphatic rings. The predicted molar refractivity (Wildman–Crippen MR) is 73.5 cm³/mol. The third-order valence-corrected chi connectivity index (χ3v) is 3.26. The van der Waals surface area contributed by atoms with Crippen LogP contribution in [0, 0.1) is 10.1 Å². The number of anilines is 1. The summed E-state index contributed by atoms with van der Waals surface area (Å²) in [5.41, 5.74) is 5.26. The van der Waals surface area contributed by atoms with Crippen molar-refractivity contribution in [3.8, 4) is 0 Å². The normalized spacial score (nSPS) is 10.2. The molecule has 0 aliphatic heterocycles. The Bertz CT molecular complexity index is 642. The topological polar surface area (TPSA) is 124 Å². The van der Waals surface area contributed by atoms with Gasteiger partial charge in [-0.05, 0) is 6.07 Å². The zero-order valence-corrected chi connectivity index (χ0v) is 11.1. The monoisotopic (exact) mass is 293 g/mol. The van der Waals surface area contributed by atoms with Crippen molar-refractivity contribution in [2.45, 2.75) is 6.42 Å². The average molecular weight is 293 g/mol. The molecule has 2 aromatic rings. The van der Waals surface area contributed by atoms with Crippen molar-refractivity contribution in [1.29, 1.82) is 0 Å². The first kappa shape index (κ1) is 13.9. The van der Waals surface area contributed by atoms with Gasteiger partial charge in [-0.15, -0.1) is 10.2 Å². The Hall–Kier alpha value is -2.55. The summed E-state index contributed by atoms with van der Waals surface area (Å²) in [6, 6.07) is 5.79. The Kier molecular flexibility index (Phi) is 4.20. The van der Waals surface area contributed by atoms with Gasteiger partial charge in [-0.1, -0.05) is 23.5 Å². The molecule has 0 unspecified atom stereocenters. The zero-order chi connectivity index (χ0) is 14.5. The van der Waals surface area contributed by atoms with Crippen LogP contribution in [0.5, 0.6) is 0 Å². The lowest BCUT2D eigenvalue weighted by Crippen LogP contribution is -2.26. The maximum absolute atomic E-state index is 11.9. The van der Waals surface area contributed by atoms with Gasteiger partial charge >= 0.3 is 0 Å². The van der Waals surface area contributed by atoms with Crippen LogP contribution >= 0.6 is 11.3 Å². The van der Waals surface area contributed by atoms with Crippen molar-refractivity contribution in [3.63, 3.8) is 0 Å². The fraction of sp³-hybridized carbons (Fsp3) is 0.182. The van der Waals surface area contributed by atoms with Crippen molar-refractivity contribution in [2.24, 2.45) is 0 Å². The molecule has 0 atom stereocenters. The second-order valence-corrected chi connectivity index (χ2v) is 4.91. The summed E-state index contributed by atoms with van der Waals surface area (Å²) in [6.45, 7) is 0.305. The molecule has 1 aromatic heterocycles. The van der Waals surface area contributed by atoms with Crippen LogP contribution in [0.25, 0.3) is 0 Å². The van der Waals surface area contributed by atoms with E-state index in [2.05, 4.69) is 15.5 Å². The van der Waals surface area contributed by atoms with E-state index in [-0.39, 0.29) is 11.3 Å². The van der Waals surface area contributed by atoms with E-state index in [1.807, 2.05) is 0 Å². The quantitative estimate of drug-likeness (QED) is 0.626. The van der Waals surface area contributed by atoms with Gasteiger partial charge in [0.05, 0.1) is 4.92 Å². The maximum Gasteiger partial charge on any atom is 0.282 e. The number of nitrogens with zero attached hydrogens (tertiary/aromatic N) is 3. The summed E-state index contributed by atoms with van der Waals surface area (Å²) in [7, 11) is 0. The first-order valence-corrected chi connectivity index (χ1v) is 6.49. The molecule has 0 saturated carbocycles. The molecule has 0 aliphatic carbocycles. The molecule has 1 heterocycles. The number of benzene rings is 1. The standard InChI is InChI=1S/C11H11N5O3S/c12-11-15-14-9(20-11)5-6-13-10(17)7-3-1-2-4-8(7)16(18)19/h1-4H,5-6H2,(H2,12,15)(H,13,17). The lowest BCUT2D eigenvalue weighted by atomic mass is 10.1. The average Bonchev–Trinajstić information content (AvgIpc) is 2.84. The molecule has 0 bridgehead atoms. The van der Waals surface area contributed by atoms with E-state index >= 15 is 0 Å². The van der Waals surface area contributed by atoms with E-state index in [1.54, 1.807) is 6.07 Å². The zero-order valence-electron chi connectivity index (χ0n) is 10.3. The van der Waals surface area contributed by atoms with Crippen LogP contribution in [0.4, 0.5) is 10.8 Å². The summed E-state index contributed by atoms with van der Waals surface area (Å²) < 4.78 is 0. The largest absolute Gasteiger partial charge is 0.374 e. The highest BCUT2D eigenvalue weighted by Gasteiger charge is 2.18. The van der Waals surface area contributed by atoms with Crippen molar-refractivity contribution in [3.05, 3.63) is 45.0 Å². The van der Waals surface area contributed by atoms with Crippen LogP contribution in [0.3, 0.4) is 0 Å². The molecule has 20 heavy (non-hydrogen) atoms. The van der Waals surface area contributed by atoms with Gasteiger partial charge in [0.2, 0.25) is 5.13 Å². The molecule has 1 amide bonds. The highest BCUT2D eigenvalue weighted by Crippen LogP contribution is 2.17. The number of rotatable bonds is 5. The molecule has 2 rings (SSSR count). The third-order valence-electron chi connectivity index (χ3n) is 2.45. The number of carbonyl (C=O) groups is 1. The van der Waals surface area contributed by atoms with Crippen LogP contribution in [0.2, 0.25) is 0 Å². The third kappa shape index (κ3) is 3.26. The van der Waals surface area contributed by atoms with E-state index in [9.17, 15) is 14.9 Å². The summed E-state index contributed by atoms with van der Waals surface area (Å²) in [4.78, 5) is 22.1. The van der Waals surface area contributed by atoms with Crippen LogP contribution in [-0.4, -0.2) is 27.6 Å². The van der Waals surface area contributed by atoms with Gasteiger partial charge in [-0.25, -0.2) is 0 Å². The molecule has 0 saturated heterocycles. The van der Waals surface area contributed by atoms with Gasteiger partial charge in [0.15, 0.2) is 0 Å². The van der Waals surface area contributed by atoms with Crippen LogP contribution < -0.4 is 11.1 Å². The highest BCUT2D eigenvalue weighted by atomic mass is 32.1. The fourth-order valence-electron chi connectivity index (χ4n) is 1.57. The van der Waals surface area contributed by atoms with Gasteiger partial charge in [-0.2, -0.15) is 0 Å². The van der Waals surface area contributed by atoms with Crippen LogP contribution in [-0.2, 0) is 6.42 Å². The van der Waals surface area contributed by atoms with E-state index in [0.717, 1.165) is 0 Å². The van der Waals surface area contributed by atoms with E-state index in [4.69, 9.17) is 5.73 Å². The number of nitrogen functional groups attached to an aromatic ring is 1. The molecule has 104 valence electrons. The summed E-state index contributed by atoms with van der Waals surface area (Å²) >= 11 is 1.24. The Morgan fingerprint density at radius 2 is 2.15 bits per heavy atom. The number of amides is 1. The lowest BCUT2D eigenvalue weighted by Gasteiger charge is -2.04. The molecule has 8 nitrogen and oxygen atoms in total. The molecular weight excluding hydrogens is 282 g/mol. The van der Waals surface area contributed by atoms with Crippen LogP contribution in [0.15, 0.2) is 24.3 Å². The molecule has 0 radical (unpaired) electrons. The van der Waals surface area contributed by atoms with Crippen molar-refractivity contribution in [1.82, 2.24) is 15.5 Å². The second-order valence-electron chi connectivity index (χ2n) is 3.81. The van der Waals surface area contributed by atoms with Gasteiger partial charge in [-0.3, -0.25) is 14.9 Å². The Labute approximate surface area is 117 Å². The van der Waals surface area contributed by atoms with Gasteiger partial charge in [0.25, 0.3) is 11.6 Å². The minimum Gasteiger partial charge on any atom is -0.374 e. The van der Waals surface area contributed by atoms with Crippen molar-refractivity contribution < 1.29 is 9.72 Å². The molecule has 0 spiro atoms. The number of nitrogens with two attached hydrogens (primary N) is 1. The second kappa shape index (κ2) is 6.06. The van der Waals surface area contributed by atoms with E-state index in [0.29, 0.717) is 23.1 Å². The minimum absolute atomic E-state index is 0.0364. The highest BCUT2D eigenvalue weighted by molar-refractivity contribution is 7.15. The number of hydrogen-bond donors (Lipinski definition) is 2. The summed E-state index contributed by atoms with van der Waals surface area (Å²) in [6.07, 6.45) is 0.473. The summed E-state index contributed by atoms with van der Waals surface area (Å²) in [5.74, 6) is -0.491. The SMILES string of the molecule is Nc1nnc(CCNC(=O)c2ccccc2[N+](=O)[O-])s1. The Morgan fingerprint density at radius 1 is 1.40 bits per heavy atom. The Morgan fingerprint density at radius 3 is 2.80 bits per heavy atom. The van der Waals surface area contributed by atoms with E-state index in [1.165, 1.54) is 29.5 Å². The molecule has 9 heteroatoms. The maximum atomic E-state index is 11.9. The number of nitrogens with one attached hydrogen (secondary N) is 1. The van der Waals surface area contributed by atoms with Gasteiger partial charge < -0.3 is 11.1 Å². The molecule has 3 N–H and O–H groups in total. The van der Waals surface area contributed by atoms with Crippen molar-refractivity contribution >= 4 is 28.1 Å². The molecule has 1 aromatic carbocycles. The number of hydrogen-bond acceptors (Lipinski definition) is 7. The smallest absolute Gasteiger partial charge is 0.282 e. The number of para-hydroxylation sites is 1.